The zero-order valence-corrected chi connectivity index (χ0v) is 13.5. The number of hydrogen-bond acceptors (Lipinski definition) is 2. The van der Waals surface area contributed by atoms with Crippen molar-refractivity contribution in [1.29, 1.82) is 0 Å². The van der Waals surface area contributed by atoms with Crippen LogP contribution in [0.4, 0.5) is 0 Å². The molecule has 3 heteroatoms. The Bertz CT molecular complexity index is 666. The van der Waals surface area contributed by atoms with Gasteiger partial charge in [0.25, 0.3) is 0 Å². The van der Waals surface area contributed by atoms with E-state index in [1.54, 1.807) is 5.19 Å². The molecule has 2 aromatic rings. The Morgan fingerprint density at radius 1 is 0.952 bits per heavy atom. The minimum Gasteiger partial charge on any atom is -0.454 e. The van der Waals surface area contributed by atoms with Crippen molar-refractivity contribution >= 4 is 13.3 Å². The predicted octanol–water partition coefficient (Wildman–Crippen LogP) is 3.89. The fourth-order valence-electron chi connectivity index (χ4n) is 3.59. The van der Waals surface area contributed by atoms with Gasteiger partial charge in [-0.25, -0.2) is 0 Å². The third kappa shape index (κ3) is 2.16. The quantitative estimate of drug-likeness (QED) is 0.800. The number of rotatable bonds is 3. The van der Waals surface area contributed by atoms with Crippen LogP contribution in [0.2, 0.25) is 18.6 Å². The first-order valence-electron chi connectivity index (χ1n) is 7.61. The van der Waals surface area contributed by atoms with Gasteiger partial charge < -0.3 is 9.47 Å². The summed E-state index contributed by atoms with van der Waals surface area (Å²) in [6.45, 7) is 5.36. The van der Waals surface area contributed by atoms with E-state index in [0.29, 0.717) is 12.7 Å². The molecule has 0 N–H and O–H groups in total. The van der Waals surface area contributed by atoms with Gasteiger partial charge in [-0.05, 0) is 35.6 Å². The van der Waals surface area contributed by atoms with Crippen molar-refractivity contribution in [3.8, 4) is 11.5 Å². The van der Waals surface area contributed by atoms with Gasteiger partial charge in [-0.2, -0.15) is 0 Å². The maximum Gasteiger partial charge on any atom is 0.231 e. The number of fused-ring (bicyclic) bond motifs is 1. The van der Waals surface area contributed by atoms with Crippen LogP contribution in [0.5, 0.6) is 11.5 Å². The summed E-state index contributed by atoms with van der Waals surface area (Å²) in [5, 5.41) is 1.57. The Morgan fingerprint density at radius 3 is 2.52 bits per heavy atom. The molecule has 1 fully saturated rings. The molecule has 0 bridgehead atoms. The van der Waals surface area contributed by atoms with Crippen LogP contribution < -0.4 is 14.7 Å². The zero-order valence-electron chi connectivity index (χ0n) is 12.5. The Balaban J connectivity index is 1.58. The van der Waals surface area contributed by atoms with Gasteiger partial charge in [-0.3, -0.25) is 0 Å². The second kappa shape index (κ2) is 4.63. The van der Waals surface area contributed by atoms with Crippen molar-refractivity contribution < 1.29 is 9.47 Å². The summed E-state index contributed by atoms with van der Waals surface area (Å²) in [5.74, 6) is 2.49. The summed E-state index contributed by atoms with van der Waals surface area (Å²) in [4.78, 5) is 0. The second-order valence-electron chi connectivity index (χ2n) is 6.65. The molecule has 108 valence electrons. The first-order chi connectivity index (χ1) is 10.2. The van der Waals surface area contributed by atoms with Crippen LogP contribution in [-0.2, 0) is 0 Å². The molecule has 1 aliphatic carbocycles. The molecule has 0 saturated heterocycles. The Labute approximate surface area is 126 Å². The third-order valence-corrected chi connectivity index (χ3v) is 9.37. The maximum atomic E-state index is 5.51. The standard InChI is InChI=1S/C18H20O2Si/c1-21(2,14-6-4-3-5-7-14)18-11-15(18)13-8-9-16-17(10-13)20-12-19-16/h3-10,15,18H,11-12H2,1-2H3/t15-,18+/m1/s1. The van der Waals surface area contributed by atoms with Crippen LogP contribution in [0.25, 0.3) is 0 Å². The average molecular weight is 296 g/mol. The van der Waals surface area contributed by atoms with Crippen molar-refractivity contribution in [2.24, 2.45) is 0 Å². The molecular weight excluding hydrogens is 276 g/mol. The molecule has 2 nitrogen and oxygen atoms in total. The first kappa shape index (κ1) is 13.0. The molecule has 21 heavy (non-hydrogen) atoms. The summed E-state index contributed by atoms with van der Waals surface area (Å²) < 4.78 is 10.9. The molecule has 0 amide bonds. The van der Waals surface area contributed by atoms with E-state index >= 15 is 0 Å². The van der Waals surface area contributed by atoms with Crippen LogP contribution >= 0.6 is 0 Å². The summed E-state index contributed by atoms with van der Waals surface area (Å²) in [5.41, 5.74) is 2.25. The highest BCUT2D eigenvalue weighted by Crippen LogP contribution is 2.58. The lowest BCUT2D eigenvalue weighted by Crippen LogP contribution is -2.42. The van der Waals surface area contributed by atoms with Crippen molar-refractivity contribution in [3.05, 3.63) is 54.1 Å². The van der Waals surface area contributed by atoms with E-state index in [1.165, 1.54) is 12.0 Å². The van der Waals surface area contributed by atoms with Crippen molar-refractivity contribution in [2.75, 3.05) is 6.79 Å². The number of hydrogen-bond donors (Lipinski definition) is 0. The smallest absolute Gasteiger partial charge is 0.231 e. The second-order valence-corrected chi connectivity index (χ2v) is 11.4. The molecule has 0 spiro atoms. The average Bonchev–Trinajstić information content (AvgIpc) is 3.19. The molecule has 2 aliphatic rings. The fraction of sp³-hybridized carbons (Fsp3) is 0.333. The van der Waals surface area contributed by atoms with Crippen LogP contribution in [0, 0.1) is 0 Å². The van der Waals surface area contributed by atoms with Crippen molar-refractivity contribution in [3.63, 3.8) is 0 Å². The van der Waals surface area contributed by atoms with E-state index in [9.17, 15) is 0 Å². The van der Waals surface area contributed by atoms with E-state index in [4.69, 9.17) is 9.47 Å². The van der Waals surface area contributed by atoms with E-state index in [-0.39, 0.29) is 0 Å². The van der Waals surface area contributed by atoms with Crippen molar-refractivity contribution in [2.45, 2.75) is 31.0 Å². The van der Waals surface area contributed by atoms with Crippen LogP contribution in [0.3, 0.4) is 0 Å². The summed E-state index contributed by atoms with van der Waals surface area (Å²) in [6.07, 6.45) is 1.31. The molecule has 2 atom stereocenters. The molecule has 0 unspecified atom stereocenters. The SMILES string of the molecule is C[Si](C)(c1ccccc1)[C@H]1C[C@@H]1c1ccc2c(c1)OCO2. The topological polar surface area (TPSA) is 18.5 Å². The van der Waals surface area contributed by atoms with E-state index in [2.05, 4.69) is 61.6 Å². The number of benzene rings is 2. The lowest BCUT2D eigenvalue weighted by Gasteiger charge is -2.23. The highest BCUT2D eigenvalue weighted by molar-refractivity contribution is 6.91. The lowest BCUT2D eigenvalue weighted by molar-refractivity contribution is 0.174. The number of ether oxygens (including phenoxy) is 2. The van der Waals surface area contributed by atoms with Crippen LogP contribution in [0.15, 0.2) is 48.5 Å². The van der Waals surface area contributed by atoms with E-state index in [1.807, 2.05) is 0 Å². The Hall–Kier alpha value is -1.74. The van der Waals surface area contributed by atoms with Gasteiger partial charge in [0.05, 0.1) is 8.07 Å². The maximum absolute atomic E-state index is 5.51. The fourth-order valence-corrected chi connectivity index (χ4v) is 7.11. The highest BCUT2D eigenvalue weighted by atomic mass is 28.3. The van der Waals surface area contributed by atoms with Crippen molar-refractivity contribution in [1.82, 2.24) is 0 Å². The Kier molecular flexibility index (Phi) is 2.86. The van der Waals surface area contributed by atoms with Gasteiger partial charge in [-0.1, -0.05) is 54.7 Å². The van der Waals surface area contributed by atoms with Crippen LogP contribution in [-0.4, -0.2) is 14.9 Å². The van der Waals surface area contributed by atoms with Gasteiger partial charge >= 0.3 is 0 Å². The molecule has 0 aromatic heterocycles. The first-order valence-corrected chi connectivity index (χ1v) is 10.7. The lowest BCUT2D eigenvalue weighted by atomic mass is 10.1. The monoisotopic (exact) mass is 296 g/mol. The third-order valence-electron chi connectivity index (χ3n) is 5.06. The minimum atomic E-state index is -1.39. The Morgan fingerprint density at radius 2 is 1.71 bits per heavy atom. The van der Waals surface area contributed by atoms with Gasteiger partial charge in [0.15, 0.2) is 11.5 Å². The largest absolute Gasteiger partial charge is 0.454 e. The molecule has 2 aromatic carbocycles. The normalized spacial score (nSPS) is 23.1. The van der Waals surface area contributed by atoms with E-state index < -0.39 is 8.07 Å². The van der Waals surface area contributed by atoms with Gasteiger partial charge in [0, 0.05) is 0 Å². The van der Waals surface area contributed by atoms with Crippen LogP contribution in [0.1, 0.15) is 17.9 Å². The summed E-state index contributed by atoms with van der Waals surface area (Å²) in [7, 11) is -1.39. The zero-order chi connectivity index (χ0) is 14.4. The molecule has 1 heterocycles. The van der Waals surface area contributed by atoms with Gasteiger partial charge in [-0.15, -0.1) is 0 Å². The molecular formula is C18H20O2Si. The highest BCUT2D eigenvalue weighted by Gasteiger charge is 2.50. The molecule has 0 radical (unpaired) electrons. The van der Waals surface area contributed by atoms with Gasteiger partial charge in [0.1, 0.15) is 0 Å². The van der Waals surface area contributed by atoms with Gasteiger partial charge in [0.2, 0.25) is 6.79 Å². The minimum absolute atomic E-state index is 0.358. The molecule has 1 saturated carbocycles. The molecule has 4 rings (SSSR count). The predicted molar refractivity (Wildman–Crippen MR) is 87.2 cm³/mol. The van der Waals surface area contributed by atoms with E-state index in [0.717, 1.165) is 17.0 Å². The summed E-state index contributed by atoms with van der Waals surface area (Å²) >= 11 is 0. The summed E-state index contributed by atoms with van der Waals surface area (Å²) in [6, 6.07) is 17.5. The molecule has 1 aliphatic heterocycles.